The molecule has 3 heterocycles. The average Bonchev–Trinajstić information content (AvgIpc) is 3.10. The molecule has 0 unspecified atom stereocenters. The number of hydrogen-bond acceptors (Lipinski definition) is 5. The number of rotatable bonds is 5. The van der Waals surface area contributed by atoms with Crippen molar-refractivity contribution in [2.24, 2.45) is 5.92 Å². The number of piperidine rings is 1. The third-order valence-corrected chi connectivity index (χ3v) is 5.46. The van der Waals surface area contributed by atoms with Crippen molar-refractivity contribution in [1.29, 1.82) is 0 Å². The number of hydrogen-bond donors (Lipinski definition) is 1. The summed E-state index contributed by atoms with van der Waals surface area (Å²) in [4.78, 5) is 43.6. The molecule has 158 valence electrons. The fourth-order valence-corrected chi connectivity index (χ4v) is 3.91. The van der Waals surface area contributed by atoms with E-state index in [1.165, 1.54) is 10.9 Å². The molecule has 2 aromatic heterocycles. The van der Waals surface area contributed by atoms with Gasteiger partial charge < -0.3 is 14.6 Å². The standard InChI is InChI=1S/C22H26N4O4/c1-14(2)11-19(28)25-9-7-15(8-10-25)24-18(27)12-26-13-23-20-16-5-3-4-6-17(16)30-21(20)22(26)29/h3-6,13-15H,7-12H2,1-2H3,(H,24,27). The Kier molecular flexibility index (Phi) is 5.57. The van der Waals surface area contributed by atoms with Crippen molar-refractivity contribution < 1.29 is 14.0 Å². The van der Waals surface area contributed by atoms with E-state index in [0.717, 1.165) is 5.39 Å². The van der Waals surface area contributed by atoms with Gasteiger partial charge in [-0.25, -0.2) is 4.98 Å². The van der Waals surface area contributed by atoms with Gasteiger partial charge in [-0.15, -0.1) is 0 Å². The molecule has 1 aromatic carbocycles. The van der Waals surface area contributed by atoms with Gasteiger partial charge in [0.05, 0.1) is 6.33 Å². The van der Waals surface area contributed by atoms with Gasteiger partial charge in [0.2, 0.25) is 17.4 Å². The zero-order chi connectivity index (χ0) is 21.3. The van der Waals surface area contributed by atoms with Crippen molar-refractivity contribution in [1.82, 2.24) is 19.8 Å². The topological polar surface area (TPSA) is 97.4 Å². The molecule has 8 nitrogen and oxygen atoms in total. The van der Waals surface area contributed by atoms with Crippen LogP contribution in [0.5, 0.6) is 0 Å². The molecule has 1 fully saturated rings. The van der Waals surface area contributed by atoms with Crippen LogP contribution in [0.3, 0.4) is 0 Å². The summed E-state index contributed by atoms with van der Waals surface area (Å²) in [5.74, 6) is 0.263. The van der Waals surface area contributed by atoms with Gasteiger partial charge >= 0.3 is 0 Å². The molecule has 1 aliphatic heterocycles. The van der Waals surface area contributed by atoms with Crippen molar-refractivity contribution >= 4 is 33.9 Å². The first-order valence-electron chi connectivity index (χ1n) is 10.4. The van der Waals surface area contributed by atoms with Gasteiger partial charge in [-0.3, -0.25) is 19.0 Å². The number of carbonyl (C=O) groups is 2. The van der Waals surface area contributed by atoms with E-state index in [2.05, 4.69) is 10.3 Å². The van der Waals surface area contributed by atoms with Crippen LogP contribution in [0, 0.1) is 5.92 Å². The minimum atomic E-state index is -0.375. The van der Waals surface area contributed by atoms with Gasteiger partial charge in [0.25, 0.3) is 5.56 Å². The number of para-hydroxylation sites is 1. The molecule has 0 atom stereocenters. The molecule has 8 heteroatoms. The van der Waals surface area contributed by atoms with Crippen molar-refractivity contribution in [2.45, 2.75) is 45.7 Å². The fraction of sp³-hybridized carbons (Fsp3) is 0.455. The van der Waals surface area contributed by atoms with E-state index in [9.17, 15) is 14.4 Å². The first kappa shape index (κ1) is 20.1. The van der Waals surface area contributed by atoms with Crippen molar-refractivity contribution in [3.63, 3.8) is 0 Å². The molecule has 0 radical (unpaired) electrons. The van der Waals surface area contributed by atoms with Gasteiger partial charge in [0, 0.05) is 30.9 Å². The highest BCUT2D eigenvalue weighted by Crippen LogP contribution is 2.24. The second-order valence-electron chi connectivity index (χ2n) is 8.27. The lowest BCUT2D eigenvalue weighted by Gasteiger charge is -2.32. The van der Waals surface area contributed by atoms with Gasteiger partial charge in [0.1, 0.15) is 17.6 Å². The quantitative estimate of drug-likeness (QED) is 0.696. The Hall–Kier alpha value is -3.16. The molecule has 3 aromatic rings. The summed E-state index contributed by atoms with van der Waals surface area (Å²) in [5.41, 5.74) is 0.882. The highest BCUT2D eigenvalue weighted by Gasteiger charge is 2.24. The summed E-state index contributed by atoms with van der Waals surface area (Å²) in [6.45, 7) is 5.23. The zero-order valence-electron chi connectivity index (χ0n) is 17.3. The maximum atomic E-state index is 12.7. The number of furan rings is 1. The van der Waals surface area contributed by atoms with Crippen LogP contribution in [0.15, 0.2) is 39.8 Å². The number of fused-ring (bicyclic) bond motifs is 3. The van der Waals surface area contributed by atoms with E-state index in [4.69, 9.17) is 4.42 Å². The predicted octanol–water partition coefficient (Wildman–Crippen LogP) is 2.30. The lowest BCUT2D eigenvalue weighted by Crippen LogP contribution is -2.47. The minimum absolute atomic E-state index is 0.000747. The second-order valence-corrected chi connectivity index (χ2v) is 8.27. The van der Waals surface area contributed by atoms with Crippen LogP contribution in [0.1, 0.15) is 33.1 Å². The number of nitrogens with zero attached hydrogens (tertiary/aromatic N) is 3. The summed E-state index contributed by atoms with van der Waals surface area (Å²) in [7, 11) is 0. The molecule has 1 saturated heterocycles. The number of carbonyl (C=O) groups excluding carboxylic acids is 2. The first-order chi connectivity index (χ1) is 14.4. The molecule has 4 rings (SSSR count). The summed E-state index contributed by atoms with van der Waals surface area (Å²) in [6.07, 6.45) is 3.37. The van der Waals surface area contributed by atoms with Gasteiger partial charge in [-0.1, -0.05) is 26.0 Å². The molecular formula is C22H26N4O4. The fourth-order valence-electron chi connectivity index (χ4n) is 3.91. The van der Waals surface area contributed by atoms with E-state index >= 15 is 0 Å². The zero-order valence-corrected chi connectivity index (χ0v) is 17.3. The Labute approximate surface area is 173 Å². The lowest BCUT2D eigenvalue weighted by atomic mass is 10.0. The van der Waals surface area contributed by atoms with E-state index < -0.39 is 0 Å². The van der Waals surface area contributed by atoms with Gasteiger partial charge in [0.15, 0.2) is 0 Å². The molecule has 2 amide bonds. The number of benzene rings is 1. The smallest absolute Gasteiger partial charge is 0.297 e. The SMILES string of the molecule is CC(C)CC(=O)N1CCC(NC(=O)Cn2cnc3c(oc4ccccc43)c2=O)CC1. The van der Waals surface area contributed by atoms with Crippen LogP contribution in [0.2, 0.25) is 0 Å². The summed E-state index contributed by atoms with van der Waals surface area (Å²) in [5, 5.41) is 3.75. The average molecular weight is 410 g/mol. The van der Waals surface area contributed by atoms with Crippen molar-refractivity contribution in [2.75, 3.05) is 13.1 Å². The number of nitrogens with one attached hydrogen (secondary N) is 1. The Bertz CT molecular complexity index is 1140. The third-order valence-electron chi connectivity index (χ3n) is 5.46. The van der Waals surface area contributed by atoms with Crippen LogP contribution >= 0.6 is 0 Å². The van der Waals surface area contributed by atoms with E-state index in [-0.39, 0.29) is 35.5 Å². The molecule has 1 N–H and O–H groups in total. The largest absolute Gasteiger partial charge is 0.448 e. The normalized spacial score (nSPS) is 15.2. The Balaban J connectivity index is 1.38. The molecule has 0 bridgehead atoms. The summed E-state index contributed by atoms with van der Waals surface area (Å²) in [6, 6.07) is 7.33. The molecule has 1 aliphatic rings. The van der Waals surface area contributed by atoms with Crippen LogP contribution in [0.25, 0.3) is 22.1 Å². The van der Waals surface area contributed by atoms with Gasteiger partial charge in [-0.2, -0.15) is 0 Å². The van der Waals surface area contributed by atoms with E-state index in [0.29, 0.717) is 49.4 Å². The van der Waals surface area contributed by atoms with Crippen molar-refractivity contribution in [3.8, 4) is 0 Å². The Morgan fingerprint density at radius 3 is 2.70 bits per heavy atom. The van der Waals surface area contributed by atoms with Crippen LogP contribution in [-0.2, 0) is 16.1 Å². The highest BCUT2D eigenvalue weighted by atomic mass is 16.3. The lowest BCUT2D eigenvalue weighted by molar-refractivity contribution is -0.133. The number of likely N-dealkylation sites (tertiary alicyclic amines) is 1. The maximum Gasteiger partial charge on any atom is 0.297 e. The molecule has 0 aliphatic carbocycles. The summed E-state index contributed by atoms with van der Waals surface area (Å²) >= 11 is 0. The third kappa shape index (κ3) is 4.08. The Morgan fingerprint density at radius 1 is 1.23 bits per heavy atom. The monoisotopic (exact) mass is 410 g/mol. The number of aromatic nitrogens is 2. The summed E-state index contributed by atoms with van der Waals surface area (Å²) < 4.78 is 6.92. The molecule has 0 saturated carbocycles. The Morgan fingerprint density at radius 2 is 1.97 bits per heavy atom. The predicted molar refractivity (Wildman–Crippen MR) is 113 cm³/mol. The van der Waals surface area contributed by atoms with Crippen LogP contribution in [-0.4, -0.2) is 45.4 Å². The van der Waals surface area contributed by atoms with E-state index in [1.807, 2.05) is 36.9 Å². The second kappa shape index (κ2) is 8.30. The van der Waals surface area contributed by atoms with Crippen LogP contribution in [0.4, 0.5) is 0 Å². The van der Waals surface area contributed by atoms with Crippen molar-refractivity contribution in [3.05, 3.63) is 40.9 Å². The van der Waals surface area contributed by atoms with Crippen LogP contribution < -0.4 is 10.9 Å². The maximum absolute atomic E-state index is 12.7. The van der Waals surface area contributed by atoms with Gasteiger partial charge in [-0.05, 0) is 30.9 Å². The molecule has 0 spiro atoms. The first-order valence-corrected chi connectivity index (χ1v) is 10.4. The molecular weight excluding hydrogens is 384 g/mol. The van der Waals surface area contributed by atoms with E-state index in [1.54, 1.807) is 6.07 Å². The molecule has 30 heavy (non-hydrogen) atoms. The minimum Gasteiger partial charge on any atom is -0.448 e. The highest BCUT2D eigenvalue weighted by molar-refractivity contribution is 6.01. The number of amides is 2.